The zero-order chi connectivity index (χ0) is 14.8. The van der Waals surface area contributed by atoms with Gasteiger partial charge in [-0.05, 0) is 6.54 Å². The lowest BCUT2D eigenvalue weighted by Gasteiger charge is -2.30. The molecule has 1 aromatic rings. The summed E-state index contributed by atoms with van der Waals surface area (Å²) in [5, 5.41) is 8.87. The minimum atomic E-state index is -5.42. The maximum atomic E-state index is 12.7. The molecule has 0 amide bonds. The standard InChI is InChI=1S/C9H12F6N4/c1-3-16-6(5-4-17-18-19(5)2)7(8(10,11)12)9(13,14)15/h4,6-7,16H,3H2,1-2H3. The van der Waals surface area contributed by atoms with Gasteiger partial charge in [-0.3, -0.25) is 4.68 Å². The van der Waals surface area contributed by atoms with E-state index in [0.717, 1.165) is 10.9 Å². The molecule has 0 saturated heterocycles. The Morgan fingerprint density at radius 3 is 2.05 bits per heavy atom. The van der Waals surface area contributed by atoms with Crippen molar-refractivity contribution in [2.24, 2.45) is 13.0 Å². The van der Waals surface area contributed by atoms with Crippen molar-refractivity contribution >= 4 is 0 Å². The zero-order valence-corrected chi connectivity index (χ0v) is 10.0. The second-order valence-corrected chi connectivity index (χ2v) is 3.88. The first-order valence-corrected chi connectivity index (χ1v) is 5.30. The van der Waals surface area contributed by atoms with Crippen molar-refractivity contribution in [2.45, 2.75) is 25.3 Å². The fourth-order valence-corrected chi connectivity index (χ4v) is 1.76. The van der Waals surface area contributed by atoms with Gasteiger partial charge in [0.25, 0.3) is 0 Å². The van der Waals surface area contributed by atoms with Crippen molar-refractivity contribution < 1.29 is 26.3 Å². The molecule has 0 aliphatic heterocycles. The van der Waals surface area contributed by atoms with E-state index in [1.807, 2.05) is 0 Å². The maximum absolute atomic E-state index is 12.7. The predicted molar refractivity (Wildman–Crippen MR) is 53.0 cm³/mol. The van der Waals surface area contributed by atoms with Crippen LogP contribution in [0, 0.1) is 5.92 Å². The molecule has 1 unspecified atom stereocenters. The molecule has 0 saturated carbocycles. The third-order valence-corrected chi connectivity index (χ3v) is 2.53. The van der Waals surface area contributed by atoms with Crippen LogP contribution in [-0.2, 0) is 7.05 Å². The van der Waals surface area contributed by atoms with Crippen LogP contribution in [0.15, 0.2) is 6.20 Å². The number of hydrogen-bond donors (Lipinski definition) is 1. The lowest BCUT2D eigenvalue weighted by atomic mass is 9.95. The SMILES string of the molecule is CCNC(c1cnnn1C)C(C(F)(F)F)C(F)(F)F. The number of halogens is 6. The molecular weight excluding hydrogens is 278 g/mol. The van der Waals surface area contributed by atoms with E-state index < -0.39 is 24.3 Å². The highest BCUT2D eigenvalue weighted by molar-refractivity contribution is 5.07. The fraction of sp³-hybridized carbons (Fsp3) is 0.778. The monoisotopic (exact) mass is 290 g/mol. The Morgan fingerprint density at radius 2 is 1.74 bits per heavy atom. The molecule has 1 heterocycles. The van der Waals surface area contributed by atoms with E-state index >= 15 is 0 Å². The molecule has 19 heavy (non-hydrogen) atoms. The molecule has 110 valence electrons. The minimum Gasteiger partial charge on any atom is -0.308 e. The number of nitrogens with zero attached hydrogens (tertiary/aromatic N) is 3. The molecule has 0 aromatic carbocycles. The van der Waals surface area contributed by atoms with Crippen molar-refractivity contribution in [1.29, 1.82) is 0 Å². The lowest BCUT2D eigenvalue weighted by molar-refractivity contribution is -0.293. The topological polar surface area (TPSA) is 42.7 Å². The van der Waals surface area contributed by atoms with E-state index in [-0.39, 0.29) is 12.2 Å². The molecule has 0 spiro atoms. The van der Waals surface area contributed by atoms with Gasteiger partial charge in [0.1, 0.15) is 0 Å². The Balaban J connectivity index is 3.25. The van der Waals surface area contributed by atoms with Crippen LogP contribution < -0.4 is 5.32 Å². The van der Waals surface area contributed by atoms with E-state index in [1.54, 1.807) is 0 Å². The summed E-state index contributed by atoms with van der Waals surface area (Å²) in [6, 6.07) is -1.98. The van der Waals surface area contributed by atoms with Crippen molar-refractivity contribution in [3.05, 3.63) is 11.9 Å². The summed E-state index contributed by atoms with van der Waals surface area (Å²) < 4.78 is 77.1. The molecule has 0 radical (unpaired) electrons. The number of aromatic nitrogens is 3. The van der Waals surface area contributed by atoms with Crippen LogP contribution in [0.1, 0.15) is 18.7 Å². The number of rotatable bonds is 4. The molecule has 1 N–H and O–H groups in total. The van der Waals surface area contributed by atoms with Gasteiger partial charge >= 0.3 is 12.4 Å². The van der Waals surface area contributed by atoms with Gasteiger partial charge in [0.05, 0.1) is 17.9 Å². The second-order valence-electron chi connectivity index (χ2n) is 3.88. The van der Waals surface area contributed by atoms with Gasteiger partial charge in [-0.1, -0.05) is 12.1 Å². The summed E-state index contributed by atoms with van der Waals surface area (Å²) in [4.78, 5) is 0. The van der Waals surface area contributed by atoms with E-state index in [2.05, 4.69) is 15.6 Å². The summed E-state index contributed by atoms with van der Waals surface area (Å²) >= 11 is 0. The Morgan fingerprint density at radius 1 is 1.21 bits per heavy atom. The second kappa shape index (κ2) is 5.35. The van der Waals surface area contributed by atoms with E-state index in [4.69, 9.17) is 0 Å². The third kappa shape index (κ3) is 3.58. The Kier molecular flexibility index (Phi) is 4.43. The highest BCUT2D eigenvalue weighted by Crippen LogP contribution is 2.46. The maximum Gasteiger partial charge on any atom is 0.402 e. The lowest BCUT2D eigenvalue weighted by Crippen LogP contribution is -2.46. The van der Waals surface area contributed by atoms with Crippen molar-refractivity contribution in [3.8, 4) is 0 Å². The molecule has 10 heteroatoms. The van der Waals surface area contributed by atoms with Crippen LogP contribution in [-0.4, -0.2) is 33.9 Å². The first-order chi connectivity index (χ1) is 8.59. The number of hydrogen-bond acceptors (Lipinski definition) is 3. The van der Waals surface area contributed by atoms with E-state index in [9.17, 15) is 26.3 Å². The zero-order valence-electron chi connectivity index (χ0n) is 10.0. The summed E-state index contributed by atoms with van der Waals surface area (Å²) in [5.41, 5.74) is -0.276. The smallest absolute Gasteiger partial charge is 0.308 e. The molecule has 0 aliphatic rings. The fourth-order valence-electron chi connectivity index (χ4n) is 1.76. The largest absolute Gasteiger partial charge is 0.402 e. The Labute approximate surface area is 104 Å². The molecule has 1 rings (SSSR count). The normalized spacial score (nSPS) is 15.0. The minimum absolute atomic E-state index is 0.0570. The Hall–Kier alpha value is -1.32. The molecule has 4 nitrogen and oxygen atoms in total. The third-order valence-electron chi connectivity index (χ3n) is 2.53. The molecule has 1 aromatic heterocycles. The predicted octanol–water partition coefficient (Wildman–Crippen LogP) is 2.21. The van der Waals surface area contributed by atoms with Crippen LogP contribution in [0.5, 0.6) is 0 Å². The highest BCUT2D eigenvalue weighted by atomic mass is 19.4. The van der Waals surface area contributed by atoms with E-state index in [1.165, 1.54) is 14.0 Å². The number of aryl methyl sites for hydroxylation is 1. The van der Waals surface area contributed by atoms with Crippen molar-refractivity contribution in [3.63, 3.8) is 0 Å². The van der Waals surface area contributed by atoms with Crippen molar-refractivity contribution in [2.75, 3.05) is 6.54 Å². The van der Waals surface area contributed by atoms with Gasteiger partial charge in [0.2, 0.25) is 0 Å². The van der Waals surface area contributed by atoms with Crippen LogP contribution in [0.4, 0.5) is 26.3 Å². The highest BCUT2D eigenvalue weighted by Gasteiger charge is 2.61. The quantitative estimate of drug-likeness (QED) is 0.865. The number of nitrogens with one attached hydrogen (secondary N) is 1. The van der Waals surface area contributed by atoms with Gasteiger partial charge in [0.15, 0.2) is 5.92 Å². The molecule has 0 aliphatic carbocycles. The summed E-state index contributed by atoms with van der Waals surface area (Å²) in [5.74, 6) is -3.52. The molecule has 0 fully saturated rings. The summed E-state index contributed by atoms with van der Waals surface area (Å²) in [6.45, 7) is 1.36. The first-order valence-electron chi connectivity index (χ1n) is 5.30. The average molecular weight is 290 g/mol. The van der Waals surface area contributed by atoms with Crippen molar-refractivity contribution in [1.82, 2.24) is 20.3 Å². The summed E-state index contributed by atoms with van der Waals surface area (Å²) in [7, 11) is 1.23. The molecular formula is C9H12F6N4. The van der Waals surface area contributed by atoms with Gasteiger partial charge in [-0.25, -0.2) is 0 Å². The van der Waals surface area contributed by atoms with Gasteiger partial charge in [-0.2, -0.15) is 26.3 Å². The Bertz CT molecular complexity index is 396. The van der Waals surface area contributed by atoms with Gasteiger partial charge in [0, 0.05) is 7.05 Å². The molecule has 0 bridgehead atoms. The van der Waals surface area contributed by atoms with Gasteiger partial charge < -0.3 is 5.32 Å². The van der Waals surface area contributed by atoms with Crippen LogP contribution in [0.25, 0.3) is 0 Å². The average Bonchev–Trinajstić information content (AvgIpc) is 2.59. The van der Waals surface area contributed by atoms with Crippen LogP contribution >= 0.6 is 0 Å². The molecule has 1 atom stereocenters. The van der Waals surface area contributed by atoms with Gasteiger partial charge in [-0.15, -0.1) is 5.10 Å². The van der Waals surface area contributed by atoms with E-state index in [0.29, 0.717) is 0 Å². The van der Waals surface area contributed by atoms with Crippen LogP contribution in [0.2, 0.25) is 0 Å². The summed E-state index contributed by atoms with van der Waals surface area (Å²) in [6.07, 6.45) is -9.96. The first kappa shape index (κ1) is 15.7. The number of alkyl halides is 6. The van der Waals surface area contributed by atoms with Crippen LogP contribution in [0.3, 0.4) is 0 Å².